The Morgan fingerprint density at radius 3 is 2.59 bits per heavy atom. The number of aliphatic carboxylic acids is 1. The third-order valence-corrected chi connectivity index (χ3v) is 3.44. The van der Waals surface area contributed by atoms with Gasteiger partial charge in [0.2, 0.25) is 5.91 Å². The first-order chi connectivity index (χ1) is 8.09. The van der Waals surface area contributed by atoms with Gasteiger partial charge in [-0.05, 0) is 30.7 Å². The Morgan fingerprint density at radius 2 is 2.00 bits per heavy atom. The number of amides is 1. The van der Waals surface area contributed by atoms with Crippen molar-refractivity contribution in [3.05, 3.63) is 30.1 Å². The summed E-state index contributed by atoms with van der Waals surface area (Å²) in [6.45, 7) is 0. The lowest BCUT2D eigenvalue weighted by atomic mass is 10.1. The van der Waals surface area contributed by atoms with E-state index in [1.165, 1.54) is 29.2 Å². The van der Waals surface area contributed by atoms with E-state index in [0.717, 1.165) is 0 Å². The van der Waals surface area contributed by atoms with Gasteiger partial charge in [-0.15, -0.1) is 0 Å². The van der Waals surface area contributed by atoms with Crippen LogP contribution in [0.2, 0.25) is 0 Å². The van der Waals surface area contributed by atoms with Crippen LogP contribution in [0, 0.1) is 17.7 Å². The smallest absolute Gasteiger partial charge is 0.327 e. The lowest BCUT2D eigenvalue weighted by molar-refractivity contribution is -0.139. The predicted molar refractivity (Wildman–Crippen MR) is 56.9 cm³/mol. The van der Waals surface area contributed by atoms with Crippen LogP contribution in [0.1, 0.15) is 6.42 Å². The first kappa shape index (κ1) is 10.3. The molecule has 1 aliphatic carbocycles. The average Bonchev–Trinajstić information content (AvgIpc) is 3.00. The number of halogens is 1. The van der Waals surface area contributed by atoms with Crippen molar-refractivity contribution < 1.29 is 19.1 Å². The number of carbonyl (C=O) groups excluding carboxylic acids is 1. The minimum absolute atomic E-state index is 0.0787. The summed E-state index contributed by atoms with van der Waals surface area (Å²) in [5, 5.41) is 9.15. The van der Waals surface area contributed by atoms with Gasteiger partial charge in [0.15, 0.2) is 0 Å². The maximum absolute atomic E-state index is 12.8. The Bertz CT molecular complexity index is 499. The molecule has 1 heterocycles. The highest BCUT2D eigenvalue weighted by Crippen LogP contribution is 2.51. The number of carbonyl (C=O) groups is 2. The first-order valence-electron chi connectivity index (χ1n) is 5.41. The van der Waals surface area contributed by atoms with Crippen molar-refractivity contribution in [3.8, 4) is 0 Å². The molecule has 3 atom stereocenters. The summed E-state index contributed by atoms with van der Waals surface area (Å²) in [5.74, 6) is -1.79. The third kappa shape index (κ3) is 1.42. The van der Waals surface area contributed by atoms with Crippen LogP contribution in [0.4, 0.5) is 10.1 Å². The van der Waals surface area contributed by atoms with Crippen LogP contribution in [0.25, 0.3) is 0 Å². The number of rotatable bonds is 2. The summed E-state index contributed by atoms with van der Waals surface area (Å²) in [6, 6.07) is 4.54. The van der Waals surface area contributed by atoms with Crippen LogP contribution < -0.4 is 4.90 Å². The number of benzene rings is 1. The molecule has 2 fully saturated rings. The third-order valence-electron chi connectivity index (χ3n) is 3.44. The van der Waals surface area contributed by atoms with Crippen LogP contribution in [0.15, 0.2) is 24.3 Å². The van der Waals surface area contributed by atoms with E-state index in [9.17, 15) is 14.0 Å². The second kappa shape index (κ2) is 3.29. The van der Waals surface area contributed by atoms with E-state index in [2.05, 4.69) is 0 Å². The quantitative estimate of drug-likeness (QED) is 0.839. The molecule has 17 heavy (non-hydrogen) atoms. The fraction of sp³-hybridized carbons (Fsp3) is 0.333. The van der Waals surface area contributed by atoms with Crippen LogP contribution in [-0.2, 0) is 9.59 Å². The molecule has 4 nitrogen and oxygen atoms in total. The zero-order chi connectivity index (χ0) is 12.2. The first-order valence-corrected chi connectivity index (χ1v) is 5.41. The maximum atomic E-state index is 12.8. The molecule has 1 amide bonds. The molecule has 1 aliphatic heterocycles. The van der Waals surface area contributed by atoms with Crippen LogP contribution in [0.5, 0.6) is 0 Å². The predicted octanol–water partition coefficient (Wildman–Crippen LogP) is 1.26. The second-order valence-electron chi connectivity index (χ2n) is 4.47. The summed E-state index contributed by atoms with van der Waals surface area (Å²) in [5.41, 5.74) is 0.455. The number of carboxylic acid groups (broad SMARTS) is 1. The van der Waals surface area contributed by atoms with E-state index >= 15 is 0 Å². The van der Waals surface area contributed by atoms with E-state index in [-0.39, 0.29) is 17.7 Å². The molecule has 1 aromatic rings. The van der Waals surface area contributed by atoms with Gasteiger partial charge in [-0.2, -0.15) is 0 Å². The Balaban J connectivity index is 1.98. The minimum Gasteiger partial charge on any atom is -0.480 e. The van der Waals surface area contributed by atoms with Crippen molar-refractivity contribution in [1.82, 2.24) is 0 Å². The topological polar surface area (TPSA) is 57.6 Å². The molecule has 5 heteroatoms. The van der Waals surface area contributed by atoms with E-state index in [1.54, 1.807) is 0 Å². The van der Waals surface area contributed by atoms with Crippen molar-refractivity contribution in [2.75, 3.05) is 4.90 Å². The number of anilines is 1. The van der Waals surface area contributed by atoms with Crippen molar-refractivity contribution in [1.29, 1.82) is 0 Å². The molecule has 1 aromatic carbocycles. The second-order valence-corrected chi connectivity index (χ2v) is 4.47. The molecule has 3 rings (SSSR count). The van der Waals surface area contributed by atoms with E-state index < -0.39 is 17.8 Å². The summed E-state index contributed by atoms with van der Waals surface area (Å²) in [7, 11) is 0. The molecule has 1 N–H and O–H groups in total. The van der Waals surface area contributed by atoms with Gasteiger partial charge in [-0.1, -0.05) is 0 Å². The number of fused-ring (bicyclic) bond motifs is 1. The molecule has 3 unspecified atom stereocenters. The Morgan fingerprint density at radius 1 is 1.35 bits per heavy atom. The highest BCUT2D eigenvalue weighted by atomic mass is 19.1. The molecular formula is C12H10FNO3. The van der Waals surface area contributed by atoms with Gasteiger partial charge in [-0.25, -0.2) is 9.18 Å². The molecule has 88 valence electrons. The van der Waals surface area contributed by atoms with Gasteiger partial charge < -0.3 is 5.11 Å². The normalized spacial score (nSPS) is 30.3. The van der Waals surface area contributed by atoms with Crippen molar-refractivity contribution in [2.24, 2.45) is 11.8 Å². The fourth-order valence-corrected chi connectivity index (χ4v) is 2.54. The van der Waals surface area contributed by atoms with Gasteiger partial charge in [0.1, 0.15) is 11.9 Å². The molecule has 2 aliphatic rings. The molecule has 0 radical (unpaired) electrons. The van der Waals surface area contributed by atoms with Gasteiger partial charge >= 0.3 is 5.97 Å². The van der Waals surface area contributed by atoms with Crippen LogP contribution in [0.3, 0.4) is 0 Å². The Hall–Kier alpha value is -1.91. The molecule has 0 aromatic heterocycles. The van der Waals surface area contributed by atoms with Crippen LogP contribution >= 0.6 is 0 Å². The maximum Gasteiger partial charge on any atom is 0.327 e. The average molecular weight is 235 g/mol. The number of hydrogen-bond acceptors (Lipinski definition) is 2. The number of piperidine rings is 1. The molecular weight excluding hydrogens is 225 g/mol. The molecule has 1 saturated carbocycles. The lowest BCUT2D eigenvalue weighted by Crippen LogP contribution is -2.42. The van der Waals surface area contributed by atoms with Gasteiger partial charge in [-0.3, -0.25) is 9.69 Å². The zero-order valence-electron chi connectivity index (χ0n) is 8.84. The van der Waals surface area contributed by atoms with Gasteiger partial charge in [0.25, 0.3) is 0 Å². The monoisotopic (exact) mass is 235 g/mol. The van der Waals surface area contributed by atoms with Crippen LogP contribution in [-0.4, -0.2) is 23.0 Å². The standard InChI is InChI=1S/C12H10FNO3/c13-6-1-3-7(4-2-6)14-10(12(16)17)8-5-9(8)11(14)15/h1-4,8-10H,5H2,(H,16,17). The number of hydrogen-bond donors (Lipinski definition) is 1. The van der Waals surface area contributed by atoms with Crippen molar-refractivity contribution >= 4 is 17.6 Å². The Kier molecular flexibility index (Phi) is 1.98. The SMILES string of the molecule is O=C(O)C1C2CC2C(=O)N1c1ccc(F)cc1. The summed E-state index contributed by atoms with van der Waals surface area (Å²) < 4.78 is 12.8. The summed E-state index contributed by atoms with van der Waals surface area (Å²) in [6.07, 6.45) is 0.660. The minimum atomic E-state index is -0.993. The Labute approximate surface area is 96.7 Å². The van der Waals surface area contributed by atoms with Gasteiger partial charge in [0, 0.05) is 17.5 Å². The largest absolute Gasteiger partial charge is 0.480 e. The highest BCUT2D eigenvalue weighted by Gasteiger charge is 2.61. The zero-order valence-corrected chi connectivity index (χ0v) is 8.84. The van der Waals surface area contributed by atoms with E-state index in [0.29, 0.717) is 12.1 Å². The van der Waals surface area contributed by atoms with Gasteiger partial charge in [0.05, 0.1) is 0 Å². The molecule has 0 bridgehead atoms. The number of carboxylic acids is 1. The molecule has 0 spiro atoms. The van der Waals surface area contributed by atoms with Crippen molar-refractivity contribution in [3.63, 3.8) is 0 Å². The van der Waals surface area contributed by atoms with Crippen molar-refractivity contribution in [2.45, 2.75) is 12.5 Å². The summed E-state index contributed by atoms with van der Waals surface area (Å²) >= 11 is 0. The fourth-order valence-electron chi connectivity index (χ4n) is 2.54. The summed E-state index contributed by atoms with van der Waals surface area (Å²) in [4.78, 5) is 24.4. The van der Waals surface area contributed by atoms with E-state index in [1.807, 2.05) is 0 Å². The van der Waals surface area contributed by atoms with E-state index in [4.69, 9.17) is 5.11 Å². The lowest BCUT2D eigenvalue weighted by Gasteiger charge is -2.24. The highest BCUT2D eigenvalue weighted by molar-refractivity contribution is 6.06. The number of nitrogens with zero attached hydrogens (tertiary/aromatic N) is 1. The molecule has 1 saturated heterocycles.